The van der Waals surface area contributed by atoms with Crippen molar-refractivity contribution >= 4 is 38.5 Å². The molecule has 1 aromatic heterocycles. The zero-order chi connectivity index (χ0) is 15.0. The van der Waals surface area contributed by atoms with Gasteiger partial charge in [0.15, 0.2) is 5.58 Å². The lowest BCUT2D eigenvalue weighted by molar-refractivity contribution is 0.192. The molecule has 1 N–H and O–H groups in total. The van der Waals surface area contributed by atoms with Crippen LogP contribution in [-0.4, -0.2) is 12.2 Å². The molecule has 0 amide bonds. The molecular weight excluding hydrogens is 356 g/mol. The van der Waals surface area contributed by atoms with Crippen molar-refractivity contribution in [2.45, 2.75) is 6.10 Å². The van der Waals surface area contributed by atoms with Gasteiger partial charge in [0.1, 0.15) is 17.6 Å². The summed E-state index contributed by atoms with van der Waals surface area (Å²) < 4.78 is 11.6. The van der Waals surface area contributed by atoms with E-state index in [4.69, 9.17) is 20.8 Å². The van der Waals surface area contributed by atoms with Crippen molar-refractivity contribution in [1.82, 2.24) is 0 Å². The van der Waals surface area contributed by atoms with Crippen molar-refractivity contribution in [3.63, 3.8) is 0 Å². The van der Waals surface area contributed by atoms with Gasteiger partial charge in [-0.05, 0) is 45.8 Å². The molecule has 2 aromatic carbocycles. The fraction of sp³-hybridized carbons (Fsp3) is 0.125. The summed E-state index contributed by atoms with van der Waals surface area (Å²) in [6.45, 7) is 0. The molecule has 0 aliphatic heterocycles. The van der Waals surface area contributed by atoms with Gasteiger partial charge in [0.25, 0.3) is 0 Å². The van der Waals surface area contributed by atoms with Crippen molar-refractivity contribution < 1.29 is 14.3 Å². The minimum Gasteiger partial charge on any atom is -0.496 e. The Bertz CT molecular complexity index is 797. The molecule has 3 nitrogen and oxygen atoms in total. The summed E-state index contributed by atoms with van der Waals surface area (Å²) in [6, 6.07) is 12.7. The highest BCUT2D eigenvalue weighted by Crippen LogP contribution is 2.34. The lowest BCUT2D eigenvalue weighted by atomic mass is 10.1. The van der Waals surface area contributed by atoms with Gasteiger partial charge in [0.05, 0.1) is 16.6 Å². The van der Waals surface area contributed by atoms with Crippen LogP contribution in [0.5, 0.6) is 5.75 Å². The van der Waals surface area contributed by atoms with Gasteiger partial charge in [0, 0.05) is 5.39 Å². The second-order valence-corrected chi connectivity index (χ2v) is 5.87. The van der Waals surface area contributed by atoms with E-state index < -0.39 is 6.10 Å². The summed E-state index contributed by atoms with van der Waals surface area (Å²) in [7, 11) is 1.59. The first-order valence-electron chi connectivity index (χ1n) is 6.29. The van der Waals surface area contributed by atoms with E-state index in [-0.39, 0.29) is 0 Å². The number of para-hydroxylation sites is 1. The van der Waals surface area contributed by atoms with Crippen LogP contribution in [0.15, 0.2) is 51.4 Å². The lowest BCUT2D eigenvalue weighted by Gasteiger charge is -2.10. The van der Waals surface area contributed by atoms with Crippen LogP contribution in [0.1, 0.15) is 17.4 Å². The third-order valence-corrected chi connectivity index (χ3v) is 4.19. The second-order valence-electron chi connectivity index (χ2n) is 4.60. The fourth-order valence-corrected chi connectivity index (χ4v) is 2.98. The SMILES string of the molecule is COc1ccc(C(O)c2cc3cccc(Cl)c3o2)cc1Br. The number of rotatable bonds is 3. The summed E-state index contributed by atoms with van der Waals surface area (Å²) in [5, 5.41) is 11.9. The van der Waals surface area contributed by atoms with Gasteiger partial charge in [0.2, 0.25) is 0 Å². The Hall–Kier alpha value is -1.49. The average molecular weight is 368 g/mol. The first-order valence-corrected chi connectivity index (χ1v) is 7.46. The molecule has 1 unspecified atom stereocenters. The Balaban J connectivity index is 2.01. The van der Waals surface area contributed by atoms with Crippen molar-refractivity contribution in [3.8, 4) is 5.75 Å². The van der Waals surface area contributed by atoms with Crippen molar-refractivity contribution in [1.29, 1.82) is 0 Å². The van der Waals surface area contributed by atoms with Gasteiger partial charge in [-0.15, -0.1) is 0 Å². The molecule has 3 aromatic rings. The Morgan fingerprint density at radius 1 is 1.24 bits per heavy atom. The van der Waals surface area contributed by atoms with E-state index >= 15 is 0 Å². The number of hydrogen-bond donors (Lipinski definition) is 1. The zero-order valence-corrected chi connectivity index (χ0v) is 13.5. The predicted molar refractivity (Wildman–Crippen MR) is 86.0 cm³/mol. The van der Waals surface area contributed by atoms with E-state index in [0.717, 1.165) is 9.86 Å². The molecule has 0 bridgehead atoms. The quantitative estimate of drug-likeness (QED) is 0.713. The number of halogens is 2. The minimum atomic E-state index is -0.865. The van der Waals surface area contributed by atoms with Gasteiger partial charge < -0.3 is 14.3 Å². The molecule has 21 heavy (non-hydrogen) atoms. The number of hydrogen-bond acceptors (Lipinski definition) is 3. The number of aliphatic hydroxyl groups is 1. The number of aliphatic hydroxyl groups excluding tert-OH is 1. The van der Waals surface area contributed by atoms with Gasteiger partial charge in [-0.25, -0.2) is 0 Å². The van der Waals surface area contributed by atoms with Crippen LogP contribution in [0.4, 0.5) is 0 Å². The van der Waals surface area contributed by atoms with Crippen molar-refractivity contribution in [2.24, 2.45) is 0 Å². The summed E-state index contributed by atoms with van der Waals surface area (Å²) in [5.41, 5.74) is 1.29. The number of furan rings is 1. The van der Waals surface area contributed by atoms with E-state index in [2.05, 4.69) is 15.9 Å². The van der Waals surface area contributed by atoms with Crippen LogP contribution >= 0.6 is 27.5 Å². The third kappa shape index (κ3) is 2.67. The molecule has 3 rings (SSSR count). The van der Waals surface area contributed by atoms with Crippen LogP contribution in [0, 0.1) is 0 Å². The third-order valence-electron chi connectivity index (χ3n) is 3.28. The van der Waals surface area contributed by atoms with Crippen molar-refractivity contribution in [3.05, 3.63) is 63.3 Å². The minimum absolute atomic E-state index is 0.454. The highest BCUT2D eigenvalue weighted by Gasteiger charge is 2.17. The summed E-state index contributed by atoms with van der Waals surface area (Å²) in [6.07, 6.45) is -0.865. The largest absolute Gasteiger partial charge is 0.496 e. The van der Waals surface area contributed by atoms with Gasteiger partial charge >= 0.3 is 0 Å². The predicted octanol–water partition coefficient (Wildman–Crippen LogP) is 4.94. The van der Waals surface area contributed by atoms with Crippen LogP contribution in [-0.2, 0) is 0 Å². The highest BCUT2D eigenvalue weighted by molar-refractivity contribution is 9.10. The lowest BCUT2D eigenvalue weighted by Crippen LogP contribution is -1.98. The molecule has 0 radical (unpaired) electrons. The molecule has 108 valence electrons. The Morgan fingerprint density at radius 2 is 2.05 bits per heavy atom. The average Bonchev–Trinajstić information content (AvgIpc) is 2.92. The molecule has 0 saturated carbocycles. The first-order chi connectivity index (χ1) is 10.1. The van der Waals surface area contributed by atoms with Crippen LogP contribution in [0.3, 0.4) is 0 Å². The van der Waals surface area contributed by atoms with Crippen molar-refractivity contribution in [2.75, 3.05) is 7.11 Å². The second kappa shape index (κ2) is 5.72. The molecule has 1 atom stereocenters. The molecule has 0 spiro atoms. The van der Waals surface area contributed by atoms with E-state index in [0.29, 0.717) is 27.7 Å². The monoisotopic (exact) mass is 366 g/mol. The summed E-state index contributed by atoms with van der Waals surface area (Å²) in [5.74, 6) is 1.16. The van der Waals surface area contributed by atoms with E-state index in [1.807, 2.05) is 12.1 Å². The van der Waals surface area contributed by atoms with Crippen LogP contribution in [0.2, 0.25) is 5.02 Å². The van der Waals surface area contributed by atoms with E-state index in [1.165, 1.54) is 0 Å². The number of methoxy groups -OCH3 is 1. The topological polar surface area (TPSA) is 42.6 Å². The number of benzene rings is 2. The van der Waals surface area contributed by atoms with E-state index in [9.17, 15) is 5.11 Å². The first kappa shape index (κ1) is 14.4. The molecule has 0 aliphatic carbocycles. The molecular formula is C16H12BrClO3. The Morgan fingerprint density at radius 3 is 2.71 bits per heavy atom. The maximum Gasteiger partial charge on any atom is 0.153 e. The Kier molecular flexibility index (Phi) is 3.93. The number of fused-ring (bicyclic) bond motifs is 1. The Labute approximate surface area is 135 Å². The van der Waals surface area contributed by atoms with Crippen LogP contribution < -0.4 is 4.74 Å². The van der Waals surface area contributed by atoms with Gasteiger partial charge in [-0.3, -0.25) is 0 Å². The highest BCUT2D eigenvalue weighted by atomic mass is 79.9. The zero-order valence-electron chi connectivity index (χ0n) is 11.1. The standard InChI is InChI=1S/C16H12BrClO3/c1-20-13-6-5-9(7-11(13)17)15(19)14-8-10-3-2-4-12(18)16(10)21-14/h2-8,15,19H,1H3. The molecule has 5 heteroatoms. The van der Waals surface area contributed by atoms with Gasteiger partial charge in [-0.2, -0.15) is 0 Å². The molecule has 1 heterocycles. The van der Waals surface area contributed by atoms with Crippen LogP contribution in [0.25, 0.3) is 11.0 Å². The smallest absolute Gasteiger partial charge is 0.153 e. The summed E-state index contributed by atoms with van der Waals surface area (Å²) in [4.78, 5) is 0. The van der Waals surface area contributed by atoms with E-state index in [1.54, 1.807) is 37.4 Å². The molecule has 0 aliphatic rings. The van der Waals surface area contributed by atoms with Gasteiger partial charge in [-0.1, -0.05) is 29.8 Å². The summed E-state index contributed by atoms with van der Waals surface area (Å²) >= 11 is 9.49. The molecule has 0 saturated heterocycles. The fourth-order valence-electron chi connectivity index (χ4n) is 2.20. The normalized spacial score (nSPS) is 12.6. The maximum atomic E-state index is 10.5. The maximum absolute atomic E-state index is 10.5. The number of ether oxygens (including phenoxy) is 1. The molecule has 0 fully saturated rings.